The van der Waals surface area contributed by atoms with Crippen LogP contribution in [0.4, 0.5) is 0 Å². The maximum atomic E-state index is 12.1. The summed E-state index contributed by atoms with van der Waals surface area (Å²) in [5.41, 5.74) is 0.104. The van der Waals surface area contributed by atoms with Crippen molar-refractivity contribution in [1.29, 1.82) is 0 Å². The lowest BCUT2D eigenvalue weighted by atomic mass is 10.2. The molecule has 1 aromatic rings. The number of ether oxygens (including phenoxy) is 1. The van der Waals surface area contributed by atoms with Crippen molar-refractivity contribution >= 4 is 27.6 Å². The van der Waals surface area contributed by atoms with Crippen molar-refractivity contribution in [1.82, 2.24) is 4.72 Å². The molecule has 0 bridgehead atoms. The van der Waals surface area contributed by atoms with Crippen molar-refractivity contribution in [3.8, 4) is 0 Å². The number of unbranched alkanes of at least 4 members (excludes halogenated alkanes) is 1. The van der Waals surface area contributed by atoms with Gasteiger partial charge in [0.15, 0.2) is 0 Å². The van der Waals surface area contributed by atoms with Gasteiger partial charge in [0.05, 0.1) is 17.7 Å². The Kier molecular flexibility index (Phi) is 6.41. The lowest BCUT2D eigenvalue weighted by molar-refractivity contribution is 0.0600. The third kappa shape index (κ3) is 4.45. The van der Waals surface area contributed by atoms with E-state index in [9.17, 15) is 13.2 Å². The van der Waals surface area contributed by atoms with E-state index in [0.717, 1.165) is 0 Å². The molecule has 0 spiro atoms. The summed E-state index contributed by atoms with van der Waals surface area (Å²) in [6.07, 6.45) is 1.00. The van der Waals surface area contributed by atoms with Crippen molar-refractivity contribution in [3.63, 3.8) is 0 Å². The average Bonchev–Trinajstić information content (AvgIpc) is 2.43. The number of aliphatic hydroxyl groups excluding tert-OH is 1. The molecule has 0 aliphatic heterocycles. The van der Waals surface area contributed by atoms with Gasteiger partial charge in [0.25, 0.3) is 0 Å². The van der Waals surface area contributed by atoms with Gasteiger partial charge in [-0.15, -0.1) is 0 Å². The van der Waals surface area contributed by atoms with Gasteiger partial charge in [0, 0.05) is 13.2 Å². The van der Waals surface area contributed by atoms with Crippen molar-refractivity contribution in [3.05, 3.63) is 28.8 Å². The highest BCUT2D eigenvalue weighted by molar-refractivity contribution is 7.89. The highest BCUT2D eigenvalue weighted by atomic mass is 35.5. The minimum absolute atomic E-state index is 0.000307. The van der Waals surface area contributed by atoms with Gasteiger partial charge in [-0.05, 0) is 31.0 Å². The molecule has 0 amide bonds. The zero-order valence-corrected chi connectivity index (χ0v) is 12.5. The number of esters is 1. The van der Waals surface area contributed by atoms with E-state index >= 15 is 0 Å². The Balaban J connectivity index is 2.96. The molecule has 6 nitrogen and oxygen atoms in total. The van der Waals surface area contributed by atoms with Crippen molar-refractivity contribution in [2.45, 2.75) is 17.7 Å². The lowest BCUT2D eigenvalue weighted by Gasteiger charge is -2.09. The van der Waals surface area contributed by atoms with Crippen LogP contribution in [-0.4, -0.2) is 39.8 Å². The van der Waals surface area contributed by atoms with Gasteiger partial charge in [-0.2, -0.15) is 0 Å². The summed E-state index contributed by atoms with van der Waals surface area (Å²) in [4.78, 5) is 11.2. The number of nitrogens with one attached hydrogen (secondary N) is 1. The zero-order chi connectivity index (χ0) is 15.2. The number of sulfonamides is 1. The molecule has 0 saturated heterocycles. The van der Waals surface area contributed by atoms with Gasteiger partial charge >= 0.3 is 5.97 Å². The molecule has 0 aliphatic carbocycles. The number of carbonyl (C=O) groups is 1. The Bertz CT molecular complexity index is 573. The summed E-state index contributed by atoms with van der Waals surface area (Å²) < 4.78 is 31.0. The molecule has 0 atom stereocenters. The number of aliphatic hydroxyl groups is 1. The fourth-order valence-corrected chi connectivity index (χ4v) is 3.07. The summed E-state index contributed by atoms with van der Waals surface area (Å²) in [6, 6.07) is 3.89. The van der Waals surface area contributed by atoms with Gasteiger partial charge in [-0.1, -0.05) is 11.6 Å². The van der Waals surface area contributed by atoms with Crippen LogP contribution in [0.15, 0.2) is 23.1 Å². The molecule has 0 unspecified atom stereocenters. The predicted octanol–water partition coefficient (Wildman–Crippen LogP) is 1.18. The minimum atomic E-state index is -3.81. The Morgan fingerprint density at radius 2 is 2.10 bits per heavy atom. The van der Waals surface area contributed by atoms with Crippen LogP contribution in [0.3, 0.4) is 0 Å². The van der Waals surface area contributed by atoms with Crippen molar-refractivity contribution in [2.24, 2.45) is 0 Å². The minimum Gasteiger partial charge on any atom is -0.465 e. The molecule has 0 aliphatic rings. The van der Waals surface area contributed by atoms with Gasteiger partial charge in [0.2, 0.25) is 10.0 Å². The smallest absolute Gasteiger partial charge is 0.337 e. The molecule has 0 fully saturated rings. The SMILES string of the molecule is COC(=O)c1ccc(Cl)c(S(=O)(=O)NCCCCO)c1. The van der Waals surface area contributed by atoms with Gasteiger partial charge in [0.1, 0.15) is 4.90 Å². The number of hydrogen-bond acceptors (Lipinski definition) is 5. The summed E-state index contributed by atoms with van der Waals surface area (Å²) in [6.45, 7) is 0.183. The molecule has 0 aromatic heterocycles. The second-order valence-corrected chi connectivity index (χ2v) is 6.11. The molecule has 20 heavy (non-hydrogen) atoms. The number of halogens is 1. The number of benzene rings is 1. The summed E-state index contributed by atoms with van der Waals surface area (Å²) in [5.74, 6) is -0.640. The number of methoxy groups -OCH3 is 1. The molecule has 112 valence electrons. The monoisotopic (exact) mass is 321 g/mol. The van der Waals surface area contributed by atoms with E-state index in [1.54, 1.807) is 0 Å². The molecule has 2 N–H and O–H groups in total. The van der Waals surface area contributed by atoms with Gasteiger partial charge in [-0.3, -0.25) is 0 Å². The van der Waals surface area contributed by atoms with E-state index in [-0.39, 0.29) is 28.6 Å². The first-order chi connectivity index (χ1) is 9.42. The summed E-state index contributed by atoms with van der Waals surface area (Å²) in [7, 11) is -2.60. The molecule has 1 rings (SSSR count). The highest BCUT2D eigenvalue weighted by Gasteiger charge is 2.19. The maximum Gasteiger partial charge on any atom is 0.337 e. The second kappa shape index (κ2) is 7.58. The summed E-state index contributed by atoms with van der Waals surface area (Å²) in [5, 5.41) is 8.65. The first-order valence-corrected chi connectivity index (χ1v) is 7.77. The molecule has 0 radical (unpaired) electrons. The normalized spacial score (nSPS) is 11.3. The van der Waals surface area contributed by atoms with E-state index in [4.69, 9.17) is 16.7 Å². The number of hydrogen-bond donors (Lipinski definition) is 2. The van der Waals surface area contributed by atoms with E-state index in [1.165, 1.54) is 25.3 Å². The quantitative estimate of drug-likeness (QED) is 0.581. The highest BCUT2D eigenvalue weighted by Crippen LogP contribution is 2.23. The van der Waals surface area contributed by atoms with Gasteiger partial charge < -0.3 is 9.84 Å². The third-order valence-electron chi connectivity index (χ3n) is 2.52. The van der Waals surface area contributed by atoms with E-state index in [0.29, 0.717) is 12.8 Å². The molecular formula is C12H16ClNO5S. The van der Waals surface area contributed by atoms with Crippen LogP contribution in [-0.2, 0) is 14.8 Å². The van der Waals surface area contributed by atoms with E-state index in [2.05, 4.69) is 9.46 Å². The van der Waals surface area contributed by atoms with Crippen LogP contribution in [0.2, 0.25) is 5.02 Å². The molecule has 8 heteroatoms. The Morgan fingerprint density at radius 1 is 1.40 bits per heavy atom. The Hall–Kier alpha value is -1.15. The first-order valence-electron chi connectivity index (χ1n) is 5.90. The van der Waals surface area contributed by atoms with Crippen LogP contribution in [0.25, 0.3) is 0 Å². The first kappa shape index (κ1) is 16.9. The fraction of sp³-hybridized carbons (Fsp3) is 0.417. The summed E-state index contributed by atoms with van der Waals surface area (Å²) >= 11 is 5.86. The van der Waals surface area contributed by atoms with Crippen LogP contribution >= 0.6 is 11.6 Å². The molecule has 0 saturated carbocycles. The number of rotatable bonds is 7. The Labute approximate surface area is 122 Å². The average molecular weight is 322 g/mol. The fourth-order valence-electron chi connectivity index (χ4n) is 1.48. The van der Waals surface area contributed by atoms with E-state index < -0.39 is 16.0 Å². The van der Waals surface area contributed by atoms with Crippen LogP contribution in [0.1, 0.15) is 23.2 Å². The maximum absolute atomic E-state index is 12.1. The zero-order valence-electron chi connectivity index (χ0n) is 10.9. The lowest BCUT2D eigenvalue weighted by Crippen LogP contribution is -2.25. The van der Waals surface area contributed by atoms with E-state index in [1.807, 2.05) is 0 Å². The van der Waals surface area contributed by atoms with Crippen LogP contribution in [0, 0.1) is 0 Å². The standard InChI is InChI=1S/C12H16ClNO5S/c1-19-12(16)9-4-5-10(13)11(8-9)20(17,18)14-6-2-3-7-15/h4-5,8,14-15H,2-3,6-7H2,1H3. The largest absolute Gasteiger partial charge is 0.465 e. The molecule has 0 heterocycles. The van der Waals surface area contributed by atoms with Gasteiger partial charge in [-0.25, -0.2) is 17.9 Å². The van der Waals surface area contributed by atoms with Crippen molar-refractivity contribution in [2.75, 3.05) is 20.3 Å². The Morgan fingerprint density at radius 3 is 2.70 bits per heavy atom. The second-order valence-electron chi connectivity index (χ2n) is 3.97. The van der Waals surface area contributed by atoms with Crippen molar-refractivity contribution < 1.29 is 23.1 Å². The van der Waals surface area contributed by atoms with Crippen LogP contribution < -0.4 is 4.72 Å². The number of carbonyl (C=O) groups excluding carboxylic acids is 1. The third-order valence-corrected chi connectivity index (χ3v) is 4.46. The predicted molar refractivity (Wildman–Crippen MR) is 74.3 cm³/mol. The molecule has 1 aromatic carbocycles. The molecular weight excluding hydrogens is 306 g/mol. The topological polar surface area (TPSA) is 92.7 Å². The van der Waals surface area contributed by atoms with Crippen LogP contribution in [0.5, 0.6) is 0 Å².